The summed E-state index contributed by atoms with van der Waals surface area (Å²) in [6, 6.07) is 4.90. The van der Waals surface area contributed by atoms with Crippen LogP contribution in [0.3, 0.4) is 0 Å². The van der Waals surface area contributed by atoms with E-state index in [2.05, 4.69) is 20.3 Å². The number of rotatable bonds is 3. The molecule has 0 bridgehead atoms. The van der Waals surface area contributed by atoms with Crippen LogP contribution in [0.25, 0.3) is 0 Å². The van der Waals surface area contributed by atoms with E-state index in [1.807, 2.05) is 0 Å². The number of para-hydroxylation sites is 1. The van der Waals surface area contributed by atoms with Crippen molar-refractivity contribution in [2.24, 2.45) is 0 Å². The zero-order valence-electron chi connectivity index (χ0n) is 7.76. The molecule has 0 saturated heterocycles. The van der Waals surface area contributed by atoms with E-state index in [-0.39, 0.29) is 11.5 Å². The summed E-state index contributed by atoms with van der Waals surface area (Å²) < 4.78 is 31.3. The molecule has 0 aliphatic carbocycles. The summed E-state index contributed by atoms with van der Waals surface area (Å²) in [6.45, 7) is 4.06. The van der Waals surface area contributed by atoms with Crippen LogP contribution >= 0.6 is 0 Å². The zero-order valence-corrected chi connectivity index (χ0v) is 8.58. The van der Waals surface area contributed by atoms with Gasteiger partial charge in [0.1, 0.15) is 0 Å². The predicted molar refractivity (Wildman–Crippen MR) is 55.3 cm³/mol. The van der Waals surface area contributed by atoms with E-state index in [0.717, 1.165) is 0 Å². The van der Waals surface area contributed by atoms with Gasteiger partial charge in [-0.2, -0.15) is 0 Å². The average molecular weight is 227 g/mol. The van der Waals surface area contributed by atoms with E-state index in [9.17, 15) is 8.42 Å². The van der Waals surface area contributed by atoms with Gasteiger partial charge >= 0.3 is 10.4 Å². The van der Waals surface area contributed by atoms with Gasteiger partial charge in [0.05, 0.1) is 5.69 Å². The Balaban J connectivity index is 2.37. The summed E-state index contributed by atoms with van der Waals surface area (Å²) in [7, 11) is -3.92. The van der Waals surface area contributed by atoms with Crippen LogP contribution in [-0.2, 0) is 10.4 Å². The molecule has 2 rings (SSSR count). The molecule has 15 heavy (non-hydrogen) atoms. The normalized spacial score (nSPS) is 16.0. The molecule has 0 saturated carbocycles. The molecule has 1 aliphatic rings. The Morgan fingerprint density at radius 2 is 2.20 bits per heavy atom. The largest absolute Gasteiger partial charge is 0.501 e. The van der Waals surface area contributed by atoms with Gasteiger partial charge in [-0.15, -0.1) is 15.0 Å². The van der Waals surface area contributed by atoms with Gasteiger partial charge in [-0.05, 0) is 12.1 Å². The number of benzene rings is 1. The minimum atomic E-state index is -3.92. The summed E-state index contributed by atoms with van der Waals surface area (Å²) in [5.74, 6) is 0.392. The van der Waals surface area contributed by atoms with Crippen molar-refractivity contribution in [1.82, 2.24) is 0 Å². The Morgan fingerprint density at radius 3 is 2.93 bits per heavy atom. The van der Waals surface area contributed by atoms with Crippen molar-refractivity contribution in [1.29, 1.82) is 0 Å². The third-order valence-corrected chi connectivity index (χ3v) is 2.55. The first-order valence-corrected chi connectivity index (χ1v) is 5.57. The number of anilines is 1. The quantitative estimate of drug-likeness (QED) is 0.788. The van der Waals surface area contributed by atoms with Crippen molar-refractivity contribution in [3.05, 3.63) is 30.9 Å². The fourth-order valence-corrected chi connectivity index (χ4v) is 1.98. The predicted octanol–water partition coefficient (Wildman–Crippen LogP) is 1.30. The topological polar surface area (TPSA) is 64.6 Å². The van der Waals surface area contributed by atoms with Crippen LogP contribution in [0.1, 0.15) is 0 Å². The van der Waals surface area contributed by atoms with E-state index in [1.165, 1.54) is 6.07 Å². The van der Waals surface area contributed by atoms with Crippen molar-refractivity contribution in [3.63, 3.8) is 0 Å². The fraction of sp³-hybridized carbons (Fsp3) is 0.111. The lowest BCUT2D eigenvalue weighted by Crippen LogP contribution is -2.08. The highest BCUT2D eigenvalue weighted by molar-refractivity contribution is 7.82. The number of hydrogen-bond acceptors (Lipinski definition) is 5. The van der Waals surface area contributed by atoms with Gasteiger partial charge in [-0.3, -0.25) is 0 Å². The van der Waals surface area contributed by atoms with Crippen molar-refractivity contribution < 1.29 is 16.8 Å². The Bertz CT molecular complexity index is 495. The van der Waals surface area contributed by atoms with Gasteiger partial charge in [0.15, 0.2) is 5.75 Å². The zero-order chi connectivity index (χ0) is 10.9. The highest BCUT2D eigenvalue weighted by atomic mass is 32.3. The SMILES string of the molecule is C=CCNc1cccc2c1OS(=O)(=O)O2. The van der Waals surface area contributed by atoms with Crippen molar-refractivity contribution in [2.75, 3.05) is 11.9 Å². The minimum Gasteiger partial charge on any atom is -0.378 e. The molecule has 0 amide bonds. The second kappa shape index (κ2) is 3.47. The first-order valence-electron chi connectivity index (χ1n) is 4.24. The molecule has 1 N–H and O–H groups in total. The Labute approximate surface area is 87.7 Å². The molecular weight excluding hydrogens is 218 g/mol. The molecule has 1 aromatic rings. The third-order valence-electron chi connectivity index (χ3n) is 1.79. The minimum absolute atomic E-state index is 0.194. The van der Waals surface area contributed by atoms with Crippen LogP contribution in [0.15, 0.2) is 30.9 Å². The fourth-order valence-electron chi connectivity index (χ4n) is 1.22. The Morgan fingerprint density at radius 1 is 1.40 bits per heavy atom. The Kier molecular flexibility index (Phi) is 2.28. The standard InChI is InChI=1S/C9H9NO4S/c1-2-6-10-7-4-3-5-8-9(7)14-15(11,12)13-8/h2-5,10H,1,6H2. The van der Waals surface area contributed by atoms with E-state index in [4.69, 9.17) is 0 Å². The third kappa shape index (κ3) is 1.89. The number of hydrogen-bond donors (Lipinski definition) is 1. The van der Waals surface area contributed by atoms with Crippen LogP contribution in [0.4, 0.5) is 5.69 Å². The van der Waals surface area contributed by atoms with Crippen LogP contribution in [0.5, 0.6) is 11.5 Å². The second-order valence-electron chi connectivity index (χ2n) is 2.88. The van der Waals surface area contributed by atoms with Crippen LogP contribution in [-0.4, -0.2) is 15.0 Å². The molecule has 5 nitrogen and oxygen atoms in total. The van der Waals surface area contributed by atoms with Gasteiger partial charge in [0.25, 0.3) is 0 Å². The van der Waals surface area contributed by atoms with E-state index >= 15 is 0 Å². The summed E-state index contributed by atoms with van der Waals surface area (Å²) in [5.41, 5.74) is 0.563. The summed E-state index contributed by atoms with van der Waals surface area (Å²) in [4.78, 5) is 0. The maximum atomic E-state index is 11.0. The average Bonchev–Trinajstić information content (AvgIpc) is 2.49. The summed E-state index contributed by atoms with van der Waals surface area (Å²) >= 11 is 0. The molecule has 0 atom stereocenters. The van der Waals surface area contributed by atoms with Crippen LogP contribution in [0, 0.1) is 0 Å². The highest BCUT2D eigenvalue weighted by Crippen LogP contribution is 2.41. The molecule has 1 heterocycles. The molecule has 6 heteroatoms. The first kappa shape index (κ1) is 9.85. The first-order chi connectivity index (χ1) is 7.12. The molecule has 0 fully saturated rings. The second-order valence-corrected chi connectivity index (χ2v) is 4.03. The lowest BCUT2D eigenvalue weighted by atomic mass is 10.2. The van der Waals surface area contributed by atoms with Crippen molar-refractivity contribution in [2.45, 2.75) is 0 Å². The summed E-state index contributed by atoms with van der Waals surface area (Å²) in [6.07, 6.45) is 1.66. The van der Waals surface area contributed by atoms with E-state index in [1.54, 1.807) is 18.2 Å². The van der Waals surface area contributed by atoms with Crippen molar-refractivity contribution in [3.8, 4) is 11.5 Å². The molecule has 0 spiro atoms. The van der Waals surface area contributed by atoms with Crippen molar-refractivity contribution >= 4 is 16.1 Å². The Hall–Kier alpha value is -1.69. The van der Waals surface area contributed by atoms with Gasteiger partial charge in [-0.25, -0.2) is 0 Å². The molecular formula is C9H9NO4S. The highest BCUT2D eigenvalue weighted by Gasteiger charge is 2.30. The molecule has 0 radical (unpaired) electrons. The maximum absolute atomic E-state index is 11.0. The maximum Gasteiger partial charge on any atom is 0.501 e. The lowest BCUT2D eigenvalue weighted by Gasteiger charge is -2.04. The smallest absolute Gasteiger partial charge is 0.378 e. The number of fused-ring (bicyclic) bond motifs is 1. The van der Waals surface area contributed by atoms with Crippen LogP contribution < -0.4 is 13.7 Å². The van der Waals surface area contributed by atoms with Gasteiger partial charge in [-0.1, -0.05) is 12.1 Å². The molecule has 1 aliphatic heterocycles. The number of nitrogens with one attached hydrogen (secondary N) is 1. The molecule has 80 valence electrons. The van der Waals surface area contributed by atoms with E-state index in [0.29, 0.717) is 12.2 Å². The lowest BCUT2D eigenvalue weighted by molar-refractivity contribution is 0.437. The van der Waals surface area contributed by atoms with E-state index < -0.39 is 10.4 Å². The molecule has 1 aromatic carbocycles. The van der Waals surface area contributed by atoms with Gasteiger partial charge in [0, 0.05) is 6.54 Å². The summed E-state index contributed by atoms with van der Waals surface area (Å²) in [5, 5.41) is 2.94. The van der Waals surface area contributed by atoms with Gasteiger partial charge in [0.2, 0.25) is 5.75 Å². The molecule has 0 unspecified atom stereocenters. The molecule has 0 aromatic heterocycles. The van der Waals surface area contributed by atoms with Gasteiger partial charge < -0.3 is 13.7 Å². The monoisotopic (exact) mass is 227 g/mol. The van der Waals surface area contributed by atoms with Crippen LogP contribution in [0.2, 0.25) is 0 Å².